The molecule has 1 saturated carbocycles. The number of likely N-dealkylation sites (tertiary alicyclic amines) is 1. The molecule has 2 fully saturated rings. The number of rotatable bonds is 4. The van der Waals surface area contributed by atoms with Gasteiger partial charge in [-0.3, -0.25) is 4.79 Å². The van der Waals surface area contributed by atoms with E-state index in [-0.39, 0.29) is 5.97 Å². The zero-order valence-electron chi connectivity index (χ0n) is 11.9. The van der Waals surface area contributed by atoms with E-state index in [1.54, 1.807) is 0 Å². The lowest BCUT2D eigenvalue weighted by molar-refractivity contribution is -0.151. The lowest BCUT2D eigenvalue weighted by Crippen LogP contribution is -2.50. The molecule has 1 aliphatic carbocycles. The van der Waals surface area contributed by atoms with Crippen molar-refractivity contribution in [1.29, 1.82) is 0 Å². The fourth-order valence-corrected chi connectivity index (χ4v) is 3.42. The normalized spacial score (nSPS) is 37.1. The summed E-state index contributed by atoms with van der Waals surface area (Å²) >= 11 is 0. The van der Waals surface area contributed by atoms with Crippen LogP contribution in [0.15, 0.2) is 0 Å². The maximum atomic E-state index is 12.1. The van der Waals surface area contributed by atoms with Crippen LogP contribution in [0.3, 0.4) is 0 Å². The van der Waals surface area contributed by atoms with Crippen molar-refractivity contribution in [3.8, 4) is 0 Å². The number of nitrogens with zero attached hydrogens (tertiary/aromatic N) is 1. The van der Waals surface area contributed by atoms with Crippen molar-refractivity contribution >= 4 is 5.97 Å². The summed E-state index contributed by atoms with van der Waals surface area (Å²) in [6, 6.07) is 0.548. The van der Waals surface area contributed by atoms with Gasteiger partial charge in [0, 0.05) is 12.6 Å². The van der Waals surface area contributed by atoms with Crippen LogP contribution >= 0.6 is 0 Å². The van der Waals surface area contributed by atoms with Crippen LogP contribution in [0.1, 0.15) is 39.5 Å². The lowest BCUT2D eigenvalue weighted by Gasteiger charge is -2.29. The number of carbonyl (C=O) groups is 1. The molecule has 4 nitrogen and oxygen atoms in total. The summed E-state index contributed by atoms with van der Waals surface area (Å²) in [5.74, 6) is 0.736. The highest BCUT2D eigenvalue weighted by molar-refractivity contribution is 5.81. The fourth-order valence-electron chi connectivity index (χ4n) is 3.42. The average Bonchev–Trinajstić information content (AvgIpc) is 2.96. The largest absolute Gasteiger partial charge is 0.465 e. The van der Waals surface area contributed by atoms with Gasteiger partial charge in [0.05, 0.1) is 6.61 Å². The molecule has 2 aliphatic rings. The Bertz CT molecular complexity index is 308. The quantitative estimate of drug-likeness (QED) is 0.770. The molecule has 1 aliphatic heterocycles. The van der Waals surface area contributed by atoms with E-state index in [1.165, 1.54) is 19.5 Å². The first kappa shape index (κ1) is 13.8. The molecule has 18 heavy (non-hydrogen) atoms. The molecule has 1 saturated heterocycles. The highest BCUT2D eigenvalue weighted by atomic mass is 16.5. The van der Waals surface area contributed by atoms with E-state index in [4.69, 9.17) is 4.74 Å². The van der Waals surface area contributed by atoms with Crippen molar-refractivity contribution in [1.82, 2.24) is 10.2 Å². The van der Waals surface area contributed by atoms with Crippen molar-refractivity contribution in [2.45, 2.75) is 51.1 Å². The first-order chi connectivity index (χ1) is 8.61. The number of hydrogen-bond acceptors (Lipinski definition) is 4. The smallest absolute Gasteiger partial charge is 0.326 e. The second kappa shape index (κ2) is 5.57. The predicted molar refractivity (Wildman–Crippen MR) is 71.4 cm³/mol. The number of ether oxygens (including phenoxy) is 1. The first-order valence-electron chi connectivity index (χ1n) is 7.21. The van der Waals surface area contributed by atoms with Gasteiger partial charge in [-0.15, -0.1) is 0 Å². The maximum Gasteiger partial charge on any atom is 0.326 e. The number of nitrogens with one attached hydrogen (secondary N) is 1. The highest BCUT2D eigenvalue weighted by Gasteiger charge is 2.47. The zero-order valence-corrected chi connectivity index (χ0v) is 11.9. The summed E-state index contributed by atoms with van der Waals surface area (Å²) < 4.78 is 5.23. The summed E-state index contributed by atoms with van der Waals surface area (Å²) in [6.45, 7) is 7.02. The summed E-state index contributed by atoms with van der Waals surface area (Å²) in [5, 5.41) is 3.23. The van der Waals surface area contributed by atoms with E-state index in [1.807, 2.05) is 14.0 Å². The fraction of sp³-hybridized carbons (Fsp3) is 0.929. The molecule has 0 aromatic carbocycles. The van der Waals surface area contributed by atoms with Gasteiger partial charge in [-0.05, 0) is 52.1 Å². The summed E-state index contributed by atoms with van der Waals surface area (Å²) in [4.78, 5) is 14.7. The number of hydrogen-bond donors (Lipinski definition) is 1. The molecule has 3 atom stereocenters. The van der Waals surface area contributed by atoms with Crippen LogP contribution in [0.25, 0.3) is 0 Å². The van der Waals surface area contributed by atoms with Crippen LogP contribution < -0.4 is 5.32 Å². The number of likely N-dealkylation sites (N-methyl/N-ethyl adjacent to an activating group) is 1. The Balaban J connectivity index is 1.98. The minimum absolute atomic E-state index is 0.0674. The highest BCUT2D eigenvalue weighted by Crippen LogP contribution is 2.36. The van der Waals surface area contributed by atoms with E-state index >= 15 is 0 Å². The molecule has 0 aromatic rings. The average molecular weight is 254 g/mol. The summed E-state index contributed by atoms with van der Waals surface area (Å²) in [5.41, 5.74) is -0.438. The van der Waals surface area contributed by atoms with Gasteiger partial charge in [0.15, 0.2) is 0 Å². The van der Waals surface area contributed by atoms with E-state index < -0.39 is 5.54 Å². The van der Waals surface area contributed by atoms with Crippen molar-refractivity contribution in [3.05, 3.63) is 0 Å². The molecular formula is C14H26N2O2. The first-order valence-corrected chi connectivity index (χ1v) is 7.21. The van der Waals surface area contributed by atoms with Crippen LogP contribution in [-0.4, -0.2) is 49.2 Å². The van der Waals surface area contributed by atoms with Crippen LogP contribution in [0.2, 0.25) is 0 Å². The molecule has 0 aromatic heterocycles. The van der Waals surface area contributed by atoms with E-state index in [9.17, 15) is 4.79 Å². The molecule has 1 N–H and O–H groups in total. The Morgan fingerprint density at radius 2 is 2.28 bits per heavy atom. The molecule has 0 radical (unpaired) electrons. The molecule has 0 bridgehead atoms. The van der Waals surface area contributed by atoms with Crippen LogP contribution in [0, 0.1) is 5.92 Å². The second-order valence-electron chi connectivity index (χ2n) is 5.84. The van der Waals surface area contributed by atoms with E-state index in [2.05, 4.69) is 17.1 Å². The van der Waals surface area contributed by atoms with Gasteiger partial charge in [0.1, 0.15) is 5.54 Å². The van der Waals surface area contributed by atoms with Crippen LogP contribution in [0.5, 0.6) is 0 Å². The van der Waals surface area contributed by atoms with Crippen LogP contribution in [0.4, 0.5) is 0 Å². The van der Waals surface area contributed by atoms with Gasteiger partial charge in [-0.1, -0.05) is 6.92 Å². The molecular weight excluding hydrogens is 228 g/mol. The third-order valence-corrected chi connectivity index (χ3v) is 4.60. The van der Waals surface area contributed by atoms with Crippen molar-refractivity contribution in [2.75, 3.05) is 26.7 Å². The Morgan fingerprint density at radius 3 is 2.83 bits per heavy atom. The molecule has 104 valence electrons. The van der Waals surface area contributed by atoms with Gasteiger partial charge in [0.25, 0.3) is 0 Å². The summed E-state index contributed by atoms with van der Waals surface area (Å²) in [7, 11) is 1.88. The maximum absolute atomic E-state index is 12.1. The second-order valence-corrected chi connectivity index (χ2v) is 5.84. The van der Waals surface area contributed by atoms with Gasteiger partial charge in [-0.2, -0.15) is 0 Å². The predicted octanol–water partition coefficient (Wildman–Crippen LogP) is 1.40. The van der Waals surface area contributed by atoms with E-state index in [0.717, 1.165) is 25.2 Å². The molecule has 3 unspecified atom stereocenters. The molecule has 0 amide bonds. The van der Waals surface area contributed by atoms with Crippen LogP contribution in [-0.2, 0) is 9.53 Å². The Morgan fingerprint density at radius 1 is 1.50 bits per heavy atom. The Hall–Kier alpha value is -0.610. The lowest BCUT2D eigenvalue weighted by atomic mass is 9.97. The van der Waals surface area contributed by atoms with Crippen molar-refractivity contribution in [2.24, 2.45) is 5.92 Å². The molecule has 4 heteroatoms. The minimum atomic E-state index is -0.438. The monoisotopic (exact) mass is 254 g/mol. The molecule has 2 rings (SSSR count). The Labute approximate surface area is 110 Å². The number of esters is 1. The summed E-state index contributed by atoms with van der Waals surface area (Å²) in [6.07, 6.45) is 4.20. The standard InChI is InChI=1S/C14H26N2O2/c1-4-18-13(17)14(15-3)7-5-12(9-14)16-8-6-11(2)10-16/h11-12,15H,4-10H2,1-3H3. The topological polar surface area (TPSA) is 41.6 Å². The minimum Gasteiger partial charge on any atom is -0.465 e. The van der Waals surface area contributed by atoms with Gasteiger partial charge < -0.3 is 15.0 Å². The van der Waals surface area contributed by atoms with Gasteiger partial charge in [0.2, 0.25) is 0 Å². The van der Waals surface area contributed by atoms with Gasteiger partial charge >= 0.3 is 5.97 Å². The molecule has 1 heterocycles. The third-order valence-electron chi connectivity index (χ3n) is 4.60. The number of carbonyl (C=O) groups excluding carboxylic acids is 1. The molecule has 0 spiro atoms. The SMILES string of the molecule is CCOC(=O)C1(NC)CCC(N2CCC(C)C2)C1. The van der Waals surface area contributed by atoms with Crippen molar-refractivity contribution in [3.63, 3.8) is 0 Å². The van der Waals surface area contributed by atoms with Gasteiger partial charge in [-0.25, -0.2) is 0 Å². The third kappa shape index (κ3) is 2.54. The Kier molecular flexibility index (Phi) is 4.28. The zero-order chi connectivity index (χ0) is 13.2. The van der Waals surface area contributed by atoms with Crippen molar-refractivity contribution < 1.29 is 9.53 Å². The van der Waals surface area contributed by atoms with E-state index in [0.29, 0.717) is 12.6 Å².